The van der Waals surface area contributed by atoms with E-state index < -0.39 is 0 Å². The first-order valence-corrected chi connectivity index (χ1v) is 8.39. The summed E-state index contributed by atoms with van der Waals surface area (Å²) in [6.07, 6.45) is 3.98. The predicted octanol–water partition coefficient (Wildman–Crippen LogP) is 4.11. The van der Waals surface area contributed by atoms with E-state index in [1.807, 2.05) is 17.8 Å². The second-order valence-electron chi connectivity index (χ2n) is 4.87. The quantitative estimate of drug-likeness (QED) is 0.605. The van der Waals surface area contributed by atoms with Crippen LogP contribution >= 0.6 is 23.4 Å². The summed E-state index contributed by atoms with van der Waals surface area (Å²) in [6, 6.07) is 6.18. The van der Waals surface area contributed by atoms with Crippen molar-refractivity contribution in [1.29, 1.82) is 0 Å². The van der Waals surface area contributed by atoms with Crippen molar-refractivity contribution >= 4 is 23.4 Å². The highest BCUT2D eigenvalue weighted by molar-refractivity contribution is 7.99. The lowest BCUT2D eigenvalue weighted by molar-refractivity contribution is 0.129. The summed E-state index contributed by atoms with van der Waals surface area (Å²) in [6.45, 7) is 5.04. The Morgan fingerprint density at radius 1 is 1.47 bits per heavy atom. The van der Waals surface area contributed by atoms with Crippen LogP contribution in [0.1, 0.15) is 31.7 Å². The van der Waals surface area contributed by atoms with Crippen LogP contribution in [0, 0.1) is 0 Å². The molecule has 0 spiro atoms. The molecule has 0 amide bonds. The highest BCUT2D eigenvalue weighted by Crippen LogP contribution is 2.28. The maximum absolute atomic E-state index is 6.10. The molecular weight excluding hydrogens is 278 g/mol. The number of hydrogen-bond donors (Lipinski definition) is 1. The van der Waals surface area contributed by atoms with E-state index in [0.717, 1.165) is 36.9 Å². The molecule has 2 rings (SSSR count). The van der Waals surface area contributed by atoms with Gasteiger partial charge in [0.15, 0.2) is 0 Å². The maximum atomic E-state index is 6.10. The summed E-state index contributed by atoms with van der Waals surface area (Å²) in [5.41, 5.74) is 1.30. The molecule has 1 unspecified atom stereocenters. The number of hydrogen-bond acceptors (Lipinski definition) is 3. The molecule has 1 aromatic carbocycles. The van der Waals surface area contributed by atoms with Crippen molar-refractivity contribution in [3.63, 3.8) is 0 Å². The number of halogens is 1. The summed E-state index contributed by atoms with van der Waals surface area (Å²) in [7, 11) is 0. The highest BCUT2D eigenvalue weighted by Gasteiger charge is 2.16. The third kappa shape index (κ3) is 4.99. The van der Waals surface area contributed by atoms with Gasteiger partial charge in [-0.25, -0.2) is 0 Å². The van der Waals surface area contributed by atoms with E-state index in [2.05, 4.69) is 24.4 Å². The van der Waals surface area contributed by atoms with Crippen LogP contribution in [0.4, 0.5) is 0 Å². The average Bonchev–Trinajstić information content (AvgIpc) is 2.91. The number of nitrogens with one attached hydrogen (secondary N) is 1. The molecule has 1 heterocycles. The summed E-state index contributed by atoms with van der Waals surface area (Å²) in [4.78, 5) is 1.32. The molecule has 0 saturated carbocycles. The molecule has 1 aliphatic rings. The molecule has 106 valence electrons. The van der Waals surface area contributed by atoms with Crippen LogP contribution in [0.5, 0.6) is 0 Å². The van der Waals surface area contributed by atoms with Gasteiger partial charge in [0, 0.05) is 28.8 Å². The van der Waals surface area contributed by atoms with Crippen LogP contribution in [0.15, 0.2) is 23.1 Å². The normalized spacial score (nSPS) is 18.9. The Hall–Kier alpha value is -0.220. The Morgan fingerprint density at radius 2 is 2.37 bits per heavy atom. The van der Waals surface area contributed by atoms with E-state index in [-0.39, 0.29) is 0 Å². The largest absolute Gasteiger partial charge is 0.377 e. The van der Waals surface area contributed by atoms with Crippen LogP contribution in [0.2, 0.25) is 5.02 Å². The monoisotopic (exact) mass is 299 g/mol. The molecule has 0 aromatic heterocycles. The zero-order valence-electron chi connectivity index (χ0n) is 11.5. The van der Waals surface area contributed by atoms with Gasteiger partial charge in [-0.2, -0.15) is 0 Å². The minimum atomic E-state index is 0.428. The average molecular weight is 300 g/mol. The molecule has 1 fully saturated rings. The first-order chi connectivity index (χ1) is 9.29. The smallest absolute Gasteiger partial charge is 0.0669 e. The van der Waals surface area contributed by atoms with Gasteiger partial charge in [0.25, 0.3) is 0 Å². The molecular formula is C15H22ClNOS. The van der Waals surface area contributed by atoms with E-state index in [1.54, 1.807) is 0 Å². The van der Waals surface area contributed by atoms with E-state index in [4.69, 9.17) is 16.3 Å². The molecule has 19 heavy (non-hydrogen) atoms. The Bertz CT molecular complexity index is 394. The fraction of sp³-hybridized carbons (Fsp3) is 0.600. The van der Waals surface area contributed by atoms with Crippen molar-refractivity contribution in [3.8, 4) is 0 Å². The number of ether oxygens (including phenoxy) is 1. The van der Waals surface area contributed by atoms with Crippen LogP contribution in [-0.4, -0.2) is 25.0 Å². The van der Waals surface area contributed by atoms with Gasteiger partial charge in [-0.1, -0.05) is 18.5 Å². The van der Waals surface area contributed by atoms with Crippen LogP contribution < -0.4 is 5.32 Å². The first-order valence-electron chi connectivity index (χ1n) is 7.03. The van der Waals surface area contributed by atoms with Gasteiger partial charge >= 0.3 is 0 Å². The summed E-state index contributed by atoms with van der Waals surface area (Å²) >= 11 is 7.98. The van der Waals surface area contributed by atoms with Crippen molar-refractivity contribution in [2.24, 2.45) is 0 Å². The molecule has 1 aliphatic heterocycles. The molecule has 1 aromatic rings. The third-order valence-electron chi connectivity index (χ3n) is 3.21. The second kappa shape index (κ2) is 8.15. The van der Waals surface area contributed by atoms with Gasteiger partial charge in [0.2, 0.25) is 0 Å². The first kappa shape index (κ1) is 15.2. The van der Waals surface area contributed by atoms with Crippen molar-refractivity contribution in [3.05, 3.63) is 28.8 Å². The Morgan fingerprint density at radius 3 is 3.11 bits per heavy atom. The van der Waals surface area contributed by atoms with Crippen molar-refractivity contribution in [2.45, 2.75) is 43.7 Å². The zero-order chi connectivity index (χ0) is 13.5. The standard InChI is InChI=1S/C15H22ClNOS/c1-2-7-17-10-12-9-13(16)5-6-15(12)19-11-14-4-3-8-18-14/h5-6,9,14,17H,2-4,7-8,10-11H2,1H3. The molecule has 1 saturated heterocycles. The Kier molecular flexibility index (Phi) is 6.51. The van der Waals surface area contributed by atoms with E-state index in [1.165, 1.54) is 23.3 Å². The van der Waals surface area contributed by atoms with E-state index in [9.17, 15) is 0 Å². The molecule has 0 radical (unpaired) electrons. The van der Waals surface area contributed by atoms with Gasteiger partial charge in [-0.05, 0) is 49.6 Å². The molecule has 0 bridgehead atoms. The Labute approximate surface area is 125 Å². The minimum Gasteiger partial charge on any atom is -0.377 e. The number of rotatable bonds is 7. The molecule has 1 atom stereocenters. The van der Waals surface area contributed by atoms with Crippen LogP contribution in [0.3, 0.4) is 0 Å². The molecule has 4 heteroatoms. The second-order valence-corrected chi connectivity index (χ2v) is 6.37. The van der Waals surface area contributed by atoms with Crippen LogP contribution in [-0.2, 0) is 11.3 Å². The lowest BCUT2D eigenvalue weighted by Crippen LogP contribution is -2.15. The third-order valence-corrected chi connectivity index (χ3v) is 4.70. The lowest BCUT2D eigenvalue weighted by atomic mass is 10.2. The summed E-state index contributed by atoms with van der Waals surface area (Å²) in [5, 5.41) is 4.26. The maximum Gasteiger partial charge on any atom is 0.0669 e. The van der Waals surface area contributed by atoms with Gasteiger partial charge in [-0.3, -0.25) is 0 Å². The molecule has 2 nitrogen and oxygen atoms in total. The number of thioether (sulfide) groups is 1. The fourth-order valence-corrected chi connectivity index (χ4v) is 3.49. The van der Waals surface area contributed by atoms with Crippen molar-refractivity contribution in [1.82, 2.24) is 5.32 Å². The summed E-state index contributed by atoms with van der Waals surface area (Å²) < 4.78 is 5.67. The van der Waals surface area contributed by atoms with Crippen molar-refractivity contribution < 1.29 is 4.74 Å². The van der Waals surface area contributed by atoms with Gasteiger partial charge < -0.3 is 10.1 Å². The SMILES string of the molecule is CCCNCc1cc(Cl)ccc1SCC1CCCO1. The van der Waals surface area contributed by atoms with Gasteiger partial charge in [0.1, 0.15) is 0 Å². The van der Waals surface area contributed by atoms with E-state index in [0.29, 0.717) is 6.10 Å². The lowest BCUT2D eigenvalue weighted by Gasteiger charge is -2.13. The fourth-order valence-electron chi connectivity index (χ4n) is 2.19. The minimum absolute atomic E-state index is 0.428. The zero-order valence-corrected chi connectivity index (χ0v) is 13.0. The van der Waals surface area contributed by atoms with Gasteiger partial charge in [-0.15, -0.1) is 11.8 Å². The van der Waals surface area contributed by atoms with E-state index >= 15 is 0 Å². The Balaban J connectivity index is 1.92. The summed E-state index contributed by atoms with van der Waals surface area (Å²) in [5.74, 6) is 1.04. The molecule has 1 N–H and O–H groups in total. The molecule has 0 aliphatic carbocycles. The topological polar surface area (TPSA) is 21.3 Å². The highest BCUT2D eigenvalue weighted by atomic mass is 35.5. The predicted molar refractivity (Wildman–Crippen MR) is 83.1 cm³/mol. The van der Waals surface area contributed by atoms with Crippen molar-refractivity contribution in [2.75, 3.05) is 18.9 Å². The number of benzene rings is 1. The van der Waals surface area contributed by atoms with Gasteiger partial charge in [0.05, 0.1) is 6.10 Å². The van der Waals surface area contributed by atoms with Crippen LogP contribution in [0.25, 0.3) is 0 Å².